The lowest BCUT2D eigenvalue weighted by molar-refractivity contribution is -0.00922. The standard InChI is InChI=1S/C22H28N4O2S/c1-16-18-13-19(20(27)23-15-22(2,3)25-9-11-28-12-10-25)29-21(18)26(24-16)14-17-7-5-4-6-8-17/h4-8,13H,9-12,14-15H2,1-3H3,(H,23,27). The van der Waals surface area contributed by atoms with Crippen LogP contribution >= 0.6 is 11.3 Å². The van der Waals surface area contributed by atoms with Crippen molar-refractivity contribution >= 4 is 27.5 Å². The van der Waals surface area contributed by atoms with E-state index in [9.17, 15) is 4.79 Å². The molecule has 1 N–H and O–H groups in total. The third kappa shape index (κ3) is 4.37. The van der Waals surface area contributed by atoms with Crippen molar-refractivity contribution in [2.24, 2.45) is 0 Å². The quantitative estimate of drug-likeness (QED) is 0.675. The Morgan fingerprint density at radius 3 is 2.69 bits per heavy atom. The Labute approximate surface area is 175 Å². The number of fused-ring (bicyclic) bond motifs is 1. The highest BCUT2D eigenvalue weighted by Crippen LogP contribution is 2.29. The summed E-state index contributed by atoms with van der Waals surface area (Å²) >= 11 is 1.51. The number of rotatable bonds is 6. The molecule has 154 valence electrons. The van der Waals surface area contributed by atoms with Gasteiger partial charge < -0.3 is 10.1 Å². The fourth-order valence-electron chi connectivity index (χ4n) is 3.75. The molecular formula is C22H28N4O2S. The van der Waals surface area contributed by atoms with Gasteiger partial charge in [0, 0.05) is 30.6 Å². The molecule has 0 unspecified atom stereocenters. The van der Waals surface area contributed by atoms with E-state index in [1.165, 1.54) is 16.9 Å². The highest BCUT2D eigenvalue weighted by atomic mass is 32.1. The molecule has 0 atom stereocenters. The molecule has 1 fully saturated rings. The van der Waals surface area contributed by atoms with Gasteiger partial charge in [0.2, 0.25) is 0 Å². The van der Waals surface area contributed by atoms with Crippen LogP contribution in [-0.4, -0.2) is 59.0 Å². The molecule has 4 rings (SSSR count). The average molecular weight is 413 g/mol. The zero-order valence-corrected chi connectivity index (χ0v) is 18.1. The summed E-state index contributed by atoms with van der Waals surface area (Å²) in [6.07, 6.45) is 0. The molecule has 29 heavy (non-hydrogen) atoms. The molecule has 1 amide bonds. The highest BCUT2D eigenvalue weighted by Gasteiger charge is 2.29. The summed E-state index contributed by atoms with van der Waals surface area (Å²) in [5, 5.41) is 8.86. The number of nitrogens with one attached hydrogen (secondary N) is 1. The average Bonchev–Trinajstić information content (AvgIpc) is 3.29. The number of ether oxygens (including phenoxy) is 1. The van der Waals surface area contributed by atoms with Gasteiger partial charge in [-0.2, -0.15) is 5.10 Å². The summed E-state index contributed by atoms with van der Waals surface area (Å²) in [5.41, 5.74) is 2.05. The van der Waals surface area contributed by atoms with Crippen molar-refractivity contribution in [2.45, 2.75) is 32.9 Å². The van der Waals surface area contributed by atoms with E-state index >= 15 is 0 Å². The fourth-order valence-corrected chi connectivity index (χ4v) is 4.83. The Morgan fingerprint density at radius 1 is 1.24 bits per heavy atom. The van der Waals surface area contributed by atoms with E-state index < -0.39 is 0 Å². The smallest absolute Gasteiger partial charge is 0.261 e. The summed E-state index contributed by atoms with van der Waals surface area (Å²) < 4.78 is 7.44. The summed E-state index contributed by atoms with van der Waals surface area (Å²) in [4.78, 5) is 17.0. The van der Waals surface area contributed by atoms with Crippen LogP contribution in [0.3, 0.4) is 0 Å². The summed E-state index contributed by atoms with van der Waals surface area (Å²) in [6.45, 7) is 11.0. The van der Waals surface area contributed by atoms with Gasteiger partial charge in [-0.25, -0.2) is 0 Å². The van der Waals surface area contributed by atoms with E-state index in [2.05, 4.69) is 41.3 Å². The van der Waals surface area contributed by atoms with Crippen molar-refractivity contribution in [1.29, 1.82) is 0 Å². The normalized spacial score (nSPS) is 15.7. The van der Waals surface area contributed by atoms with Gasteiger partial charge in [0.05, 0.1) is 30.3 Å². The van der Waals surface area contributed by atoms with Crippen LogP contribution < -0.4 is 5.32 Å². The molecule has 0 aliphatic carbocycles. The highest BCUT2D eigenvalue weighted by molar-refractivity contribution is 7.20. The molecule has 7 heteroatoms. The zero-order valence-electron chi connectivity index (χ0n) is 17.3. The zero-order chi connectivity index (χ0) is 20.4. The molecule has 1 aliphatic heterocycles. The van der Waals surface area contributed by atoms with Crippen molar-refractivity contribution in [3.8, 4) is 0 Å². The van der Waals surface area contributed by atoms with Gasteiger partial charge in [-0.05, 0) is 32.4 Å². The Balaban J connectivity index is 1.47. The second-order valence-electron chi connectivity index (χ2n) is 8.15. The van der Waals surface area contributed by atoms with Crippen molar-refractivity contribution in [3.63, 3.8) is 0 Å². The molecule has 0 radical (unpaired) electrons. The molecular weight excluding hydrogens is 384 g/mol. The van der Waals surface area contributed by atoms with E-state index in [0.717, 1.165) is 47.1 Å². The molecule has 1 saturated heterocycles. The van der Waals surface area contributed by atoms with Crippen LogP contribution in [0.15, 0.2) is 36.4 Å². The molecule has 0 saturated carbocycles. The SMILES string of the molecule is Cc1nn(Cc2ccccc2)c2sc(C(=O)NCC(C)(C)N3CCOCC3)cc12. The third-order valence-electron chi connectivity index (χ3n) is 5.56. The van der Waals surface area contributed by atoms with E-state index in [1.54, 1.807) is 0 Å². The number of amides is 1. The number of hydrogen-bond donors (Lipinski definition) is 1. The maximum Gasteiger partial charge on any atom is 0.261 e. The maximum atomic E-state index is 12.8. The number of morpholine rings is 1. The van der Waals surface area contributed by atoms with Crippen LogP contribution in [0.1, 0.15) is 34.8 Å². The first-order chi connectivity index (χ1) is 13.9. The third-order valence-corrected chi connectivity index (χ3v) is 6.70. The Hall–Kier alpha value is -2.22. The summed E-state index contributed by atoms with van der Waals surface area (Å²) in [6, 6.07) is 12.2. The van der Waals surface area contributed by atoms with Crippen LogP contribution in [0.2, 0.25) is 0 Å². The number of thiophene rings is 1. The Bertz CT molecular complexity index is 987. The Morgan fingerprint density at radius 2 is 1.97 bits per heavy atom. The maximum absolute atomic E-state index is 12.8. The first kappa shape index (κ1) is 20.1. The first-order valence-corrected chi connectivity index (χ1v) is 10.9. The first-order valence-electron chi connectivity index (χ1n) is 10.1. The van der Waals surface area contributed by atoms with Gasteiger partial charge >= 0.3 is 0 Å². The van der Waals surface area contributed by atoms with E-state index in [1.807, 2.05) is 35.9 Å². The number of hydrogen-bond acceptors (Lipinski definition) is 5. The molecule has 3 aromatic rings. The van der Waals surface area contributed by atoms with Gasteiger partial charge in [0.15, 0.2) is 0 Å². The number of carbonyl (C=O) groups excluding carboxylic acids is 1. The minimum absolute atomic E-state index is 0.0156. The molecule has 3 heterocycles. The predicted octanol–water partition coefficient (Wildman–Crippen LogP) is 3.30. The monoisotopic (exact) mass is 412 g/mol. The fraction of sp³-hybridized carbons (Fsp3) is 0.455. The van der Waals surface area contributed by atoms with Gasteiger partial charge in [0.1, 0.15) is 4.83 Å². The number of aromatic nitrogens is 2. The second-order valence-corrected chi connectivity index (χ2v) is 9.18. The molecule has 6 nitrogen and oxygen atoms in total. The lowest BCUT2D eigenvalue weighted by Gasteiger charge is -2.40. The van der Waals surface area contributed by atoms with Crippen molar-refractivity contribution < 1.29 is 9.53 Å². The van der Waals surface area contributed by atoms with Crippen LogP contribution in [0.5, 0.6) is 0 Å². The summed E-state index contributed by atoms with van der Waals surface area (Å²) in [7, 11) is 0. The van der Waals surface area contributed by atoms with Crippen LogP contribution in [-0.2, 0) is 11.3 Å². The molecule has 1 aliphatic rings. The lowest BCUT2D eigenvalue weighted by atomic mass is 10.0. The van der Waals surface area contributed by atoms with Gasteiger partial charge in [-0.15, -0.1) is 11.3 Å². The minimum Gasteiger partial charge on any atom is -0.379 e. The molecule has 2 aromatic heterocycles. The van der Waals surface area contributed by atoms with E-state index in [4.69, 9.17) is 4.74 Å². The van der Waals surface area contributed by atoms with Crippen molar-refractivity contribution in [3.05, 3.63) is 52.5 Å². The van der Waals surface area contributed by atoms with Gasteiger partial charge in [-0.1, -0.05) is 30.3 Å². The van der Waals surface area contributed by atoms with Crippen molar-refractivity contribution in [2.75, 3.05) is 32.8 Å². The van der Waals surface area contributed by atoms with E-state index in [0.29, 0.717) is 13.1 Å². The topological polar surface area (TPSA) is 59.4 Å². The second kappa shape index (κ2) is 8.26. The predicted molar refractivity (Wildman–Crippen MR) is 117 cm³/mol. The Kier molecular flexibility index (Phi) is 5.72. The molecule has 0 spiro atoms. The largest absolute Gasteiger partial charge is 0.379 e. The number of carbonyl (C=O) groups is 1. The van der Waals surface area contributed by atoms with Crippen molar-refractivity contribution in [1.82, 2.24) is 20.0 Å². The van der Waals surface area contributed by atoms with Crippen LogP contribution in [0.25, 0.3) is 10.2 Å². The van der Waals surface area contributed by atoms with Crippen LogP contribution in [0, 0.1) is 6.92 Å². The number of benzene rings is 1. The van der Waals surface area contributed by atoms with Crippen LogP contribution in [0.4, 0.5) is 0 Å². The molecule has 0 bridgehead atoms. The van der Waals surface area contributed by atoms with E-state index in [-0.39, 0.29) is 11.4 Å². The lowest BCUT2D eigenvalue weighted by Crippen LogP contribution is -2.55. The molecule has 1 aromatic carbocycles. The van der Waals surface area contributed by atoms with Gasteiger partial charge in [-0.3, -0.25) is 14.4 Å². The minimum atomic E-state index is -0.101. The summed E-state index contributed by atoms with van der Waals surface area (Å²) in [5.74, 6) is -0.0156. The number of nitrogens with zero attached hydrogens (tertiary/aromatic N) is 3. The van der Waals surface area contributed by atoms with Gasteiger partial charge in [0.25, 0.3) is 5.91 Å². The number of aryl methyl sites for hydroxylation is 1.